The Morgan fingerprint density at radius 1 is 1.50 bits per heavy atom. The topological polar surface area (TPSA) is 41.6 Å². The zero-order valence-corrected chi connectivity index (χ0v) is 12.6. The number of ether oxygens (including phenoxy) is 1. The van der Waals surface area contributed by atoms with Gasteiger partial charge in [0.25, 0.3) is 0 Å². The molecule has 1 aromatic carbocycles. The number of amides is 2. The number of nitrogens with one attached hydrogen (secondary N) is 1. The van der Waals surface area contributed by atoms with Crippen LogP contribution in [0.25, 0.3) is 0 Å². The Kier molecular flexibility index (Phi) is 4.88. The van der Waals surface area contributed by atoms with Crippen molar-refractivity contribution >= 4 is 6.03 Å². The molecule has 1 unspecified atom stereocenters. The van der Waals surface area contributed by atoms with Crippen molar-refractivity contribution in [3.05, 3.63) is 29.3 Å². The highest BCUT2D eigenvalue weighted by atomic mass is 16.5. The minimum atomic E-state index is 0.00753. The predicted octanol–water partition coefficient (Wildman–Crippen LogP) is 2.78. The van der Waals surface area contributed by atoms with Gasteiger partial charge in [-0.15, -0.1) is 0 Å². The number of hydrogen-bond acceptors (Lipinski definition) is 2. The number of benzene rings is 1. The van der Waals surface area contributed by atoms with Crippen LogP contribution >= 0.6 is 0 Å². The summed E-state index contributed by atoms with van der Waals surface area (Å²) in [6.45, 7) is 3.41. The van der Waals surface area contributed by atoms with Crippen molar-refractivity contribution in [1.82, 2.24) is 10.2 Å². The summed E-state index contributed by atoms with van der Waals surface area (Å²) in [4.78, 5) is 13.5. The number of urea groups is 1. The molecule has 1 aliphatic rings. The lowest BCUT2D eigenvalue weighted by atomic mass is 9.82. The van der Waals surface area contributed by atoms with Gasteiger partial charge in [0.2, 0.25) is 0 Å². The van der Waals surface area contributed by atoms with Crippen LogP contribution < -0.4 is 10.1 Å². The van der Waals surface area contributed by atoms with Gasteiger partial charge in [-0.3, -0.25) is 0 Å². The Balaban J connectivity index is 2.03. The smallest absolute Gasteiger partial charge is 0.317 e. The van der Waals surface area contributed by atoms with Crippen molar-refractivity contribution in [3.63, 3.8) is 0 Å². The van der Waals surface area contributed by atoms with Gasteiger partial charge in [-0.05, 0) is 49.4 Å². The lowest BCUT2D eigenvalue weighted by molar-refractivity contribution is 0.210. The first-order chi connectivity index (χ1) is 9.65. The average molecular weight is 276 g/mol. The van der Waals surface area contributed by atoms with Gasteiger partial charge in [-0.1, -0.05) is 6.07 Å². The van der Waals surface area contributed by atoms with Gasteiger partial charge in [0.1, 0.15) is 5.75 Å². The van der Waals surface area contributed by atoms with E-state index < -0.39 is 0 Å². The maximum absolute atomic E-state index is 11.8. The summed E-state index contributed by atoms with van der Waals surface area (Å²) >= 11 is 0. The minimum absolute atomic E-state index is 0.00753. The maximum Gasteiger partial charge on any atom is 0.317 e. The molecule has 0 aliphatic heterocycles. The van der Waals surface area contributed by atoms with Gasteiger partial charge < -0.3 is 15.0 Å². The van der Waals surface area contributed by atoms with Crippen LogP contribution in [0.5, 0.6) is 5.75 Å². The van der Waals surface area contributed by atoms with Crippen LogP contribution in [0, 0.1) is 0 Å². The van der Waals surface area contributed by atoms with Crippen LogP contribution in [0.15, 0.2) is 18.2 Å². The summed E-state index contributed by atoms with van der Waals surface area (Å²) in [5.74, 6) is 1.33. The predicted molar refractivity (Wildman–Crippen MR) is 80.4 cm³/mol. The van der Waals surface area contributed by atoms with Crippen molar-refractivity contribution in [1.29, 1.82) is 0 Å². The van der Waals surface area contributed by atoms with E-state index in [1.807, 2.05) is 20.0 Å². The average Bonchev–Trinajstić information content (AvgIpc) is 2.50. The molecule has 1 aliphatic carbocycles. The lowest BCUT2D eigenvalue weighted by Crippen LogP contribution is -2.39. The normalized spacial score (nSPS) is 17.2. The third-order valence-corrected chi connectivity index (χ3v) is 4.11. The van der Waals surface area contributed by atoms with E-state index in [0.717, 1.165) is 25.1 Å². The van der Waals surface area contributed by atoms with Crippen LogP contribution in [0.2, 0.25) is 0 Å². The van der Waals surface area contributed by atoms with Gasteiger partial charge in [0.05, 0.1) is 7.11 Å². The summed E-state index contributed by atoms with van der Waals surface area (Å²) < 4.78 is 5.28. The monoisotopic (exact) mass is 276 g/mol. The van der Waals surface area contributed by atoms with Crippen LogP contribution in [0.1, 0.15) is 36.8 Å². The van der Waals surface area contributed by atoms with Crippen LogP contribution in [0.4, 0.5) is 4.79 Å². The number of aryl methyl sites for hydroxylation is 1. The summed E-state index contributed by atoms with van der Waals surface area (Å²) in [5, 5.41) is 3.03. The van der Waals surface area contributed by atoms with Gasteiger partial charge in [-0.25, -0.2) is 4.79 Å². The molecule has 0 aromatic heterocycles. The third kappa shape index (κ3) is 3.24. The number of nitrogens with zero attached hydrogens (tertiary/aromatic N) is 1. The summed E-state index contributed by atoms with van der Waals surface area (Å²) in [5.41, 5.74) is 2.72. The number of fused-ring (bicyclic) bond motifs is 1. The Morgan fingerprint density at radius 3 is 3.00 bits per heavy atom. The molecule has 0 saturated carbocycles. The molecule has 0 heterocycles. The lowest BCUT2D eigenvalue weighted by Gasteiger charge is -2.27. The first-order valence-electron chi connectivity index (χ1n) is 7.31. The molecule has 0 saturated heterocycles. The van der Waals surface area contributed by atoms with Gasteiger partial charge in [0, 0.05) is 26.1 Å². The van der Waals surface area contributed by atoms with Crippen molar-refractivity contribution in [2.75, 3.05) is 27.2 Å². The fourth-order valence-corrected chi connectivity index (χ4v) is 2.72. The number of hydrogen-bond donors (Lipinski definition) is 1. The summed E-state index contributed by atoms with van der Waals surface area (Å²) in [7, 11) is 3.51. The third-order valence-electron chi connectivity index (χ3n) is 4.11. The zero-order chi connectivity index (χ0) is 14.5. The van der Waals surface area contributed by atoms with E-state index in [2.05, 4.69) is 17.4 Å². The fourth-order valence-electron chi connectivity index (χ4n) is 2.72. The SMILES string of the molecule is CCN(C)C(=O)NCC1CCCc2cc(OC)ccc21. The molecule has 4 heteroatoms. The fraction of sp³-hybridized carbons (Fsp3) is 0.562. The van der Waals surface area contributed by atoms with Crippen LogP contribution in [0.3, 0.4) is 0 Å². The van der Waals surface area contributed by atoms with E-state index in [1.54, 1.807) is 12.0 Å². The van der Waals surface area contributed by atoms with E-state index in [-0.39, 0.29) is 6.03 Å². The van der Waals surface area contributed by atoms with E-state index >= 15 is 0 Å². The molecular formula is C16H24N2O2. The van der Waals surface area contributed by atoms with E-state index in [0.29, 0.717) is 12.5 Å². The van der Waals surface area contributed by atoms with Crippen molar-refractivity contribution < 1.29 is 9.53 Å². The van der Waals surface area contributed by atoms with Gasteiger partial charge in [0.15, 0.2) is 0 Å². The molecule has 4 nitrogen and oxygen atoms in total. The minimum Gasteiger partial charge on any atom is -0.497 e. The van der Waals surface area contributed by atoms with Gasteiger partial charge >= 0.3 is 6.03 Å². The second-order valence-corrected chi connectivity index (χ2v) is 5.35. The number of methoxy groups -OCH3 is 1. The molecule has 0 fully saturated rings. The summed E-state index contributed by atoms with van der Waals surface area (Å²) in [6.07, 6.45) is 3.41. The van der Waals surface area contributed by atoms with Gasteiger partial charge in [-0.2, -0.15) is 0 Å². The van der Waals surface area contributed by atoms with E-state index in [1.165, 1.54) is 17.5 Å². The molecule has 110 valence electrons. The molecule has 0 spiro atoms. The molecule has 2 amide bonds. The second kappa shape index (κ2) is 6.64. The Hall–Kier alpha value is -1.71. The molecule has 0 radical (unpaired) electrons. The highest BCUT2D eigenvalue weighted by Crippen LogP contribution is 2.33. The highest BCUT2D eigenvalue weighted by Gasteiger charge is 2.21. The zero-order valence-electron chi connectivity index (χ0n) is 12.6. The van der Waals surface area contributed by atoms with Crippen LogP contribution in [-0.4, -0.2) is 38.2 Å². The first-order valence-corrected chi connectivity index (χ1v) is 7.31. The second-order valence-electron chi connectivity index (χ2n) is 5.35. The molecule has 1 atom stereocenters. The molecular weight excluding hydrogens is 252 g/mol. The maximum atomic E-state index is 11.8. The molecule has 2 rings (SSSR count). The van der Waals surface area contributed by atoms with Crippen molar-refractivity contribution in [2.24, 2.45) is 0 Å². The molecule has 1 aromatic rings. The Bertz CT molecular complexity index is 474. The number of carbonyl (C=O) groups is 1. The molecule has 0 bridgehead atoms. The quantitative estimate of drug-likeness (QED) is 0.918. The first kappa shape index (κ1) is 14.7. The Morgan fingerprint density at radius 2 is 2.30 bits per heavy atom. The van der Waals surface area contributed by atoms with E-state index in [9.17, 15) is 4.79 Å². The highest BCUT2D eigenvalue weighted by molar-refractivity contribution is 5.73. The number of rotatable bonds is 4. The standard InChI is InChI=1S/C16H24N2O2/c1-4-18(2)16(19)17-11-13-7-5-6-12-10-14(20-3)8-9-15(12)13/h8-10,13H,4-7,11H2,1-3H3,(H,17,19). The number of carbonyl (C=O) groups excluding carboxylic acids is 1. The van der Waals surface area contributed by atoms with Crippen molar-refractivity contribution in [2.45, 2.75) is 32.1 Å². The Labute approximate surface area is 121 Å². The van der Waals surface area contributed by atoms with Crippen LogP contribution in [-0.2, 0) is 6.42 Å². The molecule has 1 N–H and O–H groups in total. The summed E-state index contributed by atoms with van der Waals surface area (Å²) in [6, 6.07) is 6.29. The molecule has 20 heavy (non-hydrogen) atoms. The largest absolute Gasteiger partial charge is 0.497 e. The van der Waals surface area contributed by atoms with E-state index in [4.69, 9.17) is 4.74 Å². The van der Waals surface area contributed by atoms with Crippen molar-refractivity contribution in [3.8, 4) is 5.75 Å².